The molecule has 0 bridgehead atoms. The minimum absolute atomic E-state index is 0.181. The van der Waals surface area contributed by atoms with Crippen molar-refractivity contribution in [1.29, 1.82) is 0 Å². The number of hydrogen-bond donors (Lipinski definition) is 3. The number of aliphatic hydroxyl groups excluding tert-OH is 2. The summed E-state index contributed by atoms with van der Waals surface area (Å²) in [6, 6.07) is 3.12. The van der Waals surface area contributed by atoms with E-state index in [0.29, 0.717) is 31.9 Å². The molecule has 2 aromatic rings. The van der Waals surface area contributed by atoms with Gasteiger partial charge in [-0.25, -0.2) is 4.98 Å². The largest absolute Gasteiger partial charge is 0.453 e. The van der Waals surface area contributed by atoms with Crippen LogP contribution in [0.5, 0.6) is 0 Å². The summed E-state index contributed by atoms with van der Waals surface area (Å²) in [6.07, 6.45) is 2.81. The van der Waals surface area contributed by atoms with Gasteiger partial charge in [-0.3, -0.25) is 9.69 Å². The highest BCUT2D eigenvalue weighted by atomic mass is 16.4. The van der Waals surface area contributed by atoms with Gasteiger partial charge in [0.1, 0.15) is 18.2 Å². The molecular weight excluding hydrogens is 300 g/mol. The summed E-state index contributed by atoms with van der Waals surface area (Å²) in [5.74, 6) is 1.09. The van der Waals surface area contributed by atoms with Crippen molar-refractivity contribution in [3.8, 4) is 0 Å². The maximum Gasteiger partial charge on any atom is 0.289 e. The topological polar surface area (TPSA) is 106 Å². The van der Waals surface area contributed by atoms with Crippen molar-refractivity contribution >= 4 is 5.91 Å². The summed E-state index contributed by atoms with van der Waals surface area (Å²) < 4.78 is 5.28. The molecule has 0 spiro atoms. The molecule has 124 valence electrons. The molecule has 8 heteroatoms. The number of carbonyl (C=O) groups is 1. The third-order valence-corrected chi connectivity index (χ3v) is 3.83. The zero-order valence-corrected chi connectivity index (χ0v) is 12.7. The molecule has 0 saturated carbocycles. The third kappa shape index (κ3) is 3.79. The molecule has 2 aromatic heterocycles. The van der Waals surface area contributed by atoms with Crippen molar-refractivity contribution in [2.75, 3.05) is 26.2 Å². The van der Waals surface area contributed by atoms with Gasteiger partial charge in [0.2, 0.25) is 0 Å². The van der Waals surface area contributed by atoms with Crippen LogP contribution in [0, 0.1) is 0 Å². The van der Waals surface area contributed by atoms with Gasteiger partial charge in [0, 0.05) is 38.6 Å². The summed E-state index contributed by atoms with van der Waals surface area (Å²) in [5.41, 5.74) is 0. The average molecular weight is 320 g/mol. The summed E-state index contributed by atoms with van der Waals surface area (Å²) in [5, 5.41) is 19.2. The van der Waals surface area contributed by atoms with E-state index in [9.17, 15) is 9.90 Å². The zero-order chi connectivity index (χ0) is 16.2. The van der Waals surface area contributed by atoms with Gasteiger partial charge in [-0.2, -0.15) is 0 Å². The zero-order valence-electron chi connectivity index (χ0n) is 12.7. The highest BCUT2D eigenvalue weighted by Crippen LogP contribution is 2.14. The number of nitrogens with one attached hydrogen (secondary N) is 1. The highest BCUT2D eigenvalue weighted by molar-refractivity contribution is 5.91. The number of amides is 1. The van der Waals surface area contributed by atoms with E-state index in [1.54, 1.807) is 29.4 Å². The number of aromatic amines is 1. The maximum atomic E-state index is 12.5. The van der Waals surface area contributed by atoms with E-state index in [4.69, 9.17) is 9.52 Å². The first kappa shape index (κ1) is 15.7. The summed E-state index contributed by atoms with van der Waals surface area (Å²) in [7, 11) is 0. The van der Waals surface area contributed by atoms with Crippen molar-refractivity contribution < 1.29 is 19.4 Å². The minimum Gasteiger partial charge on any atom is -0.453 e. The lowest BCUT2D eigenvalue weighted by atomic mass is 10.3. The first-order valence-corrected chi connectivity index (χ1v) is 7.53. The van der Waals surface area contributed by atoms with Crippen molar-refractivity contribution in [1.82, 2.24) is 19.8 Å². The van der Waals surface area contributed by atoms with Crippen LogP contribution in [0.3, 0.4) is 0 Å². The van der Waals surface area contributed by atoms with Crippen molar-refractivity contribution in [3.05, 3.63) is 41.9 Å². The van der Waals surface area contributed by atoms with Crippen LogP contribution in [0.25, 0.3) is 0 Å². The number of aromatic nitrogens is 2. The second-order valence-corrected chi connectivity index (χ2v) is 5.60. The molecule has 3 heterocycles. The fraction of sp³-hybridized carbons (Fsp3) is 0.467. The third-order valence-electron chi connectivity index (χ3n) is 3.83. The van der Waals surface area contributed by atoms with Gasteiger partial charge in [0.25, 0.3) is 5.91 Å². The first-order chi connectivity index (χ1) is 11.2. The van der Waals surface area contributed by atoms with Crippen molar-refractivity contribution in [3.63, 3.8) is 0 Å². The molecule has 3 N–H and O–H groups in total. The highest BCUT2D eigenvalue weighted by Gasteiger charge is 2.27. The summed E-state index contributed by atoms with van der Waals surface area (Å²) in [4.78, 5) is 23.3. The molecule has 1 aliphatic heterocycles. The van der Waals surface area contributed by atoms with Gasteiger partial charge in [0.15, 0.2) is 5.76 Å². The molecule has 1 fully saturated rings. The summed E-state index contributed by atoms with van der Waals surface area (Å²) >= 11 is 0. The Morgan fingerprint density at radius 1 is 1.39 bits per heavy atom. The molecule has 8 nitrogen and oxygen atoms in total. The fourth-order valence-electron chi connectivity index (χ4n) is 2.71. The molecule has 3 rings (SSSR count). The molecule has 0 radical (unpaired) electrons. The Labute approximate surface area is 133 Å². The molecule has 23 heavy (non-hydrogen) atoms. The Hall–Kier alpha value is -2.16. The predicted molar refractivity (Wildman–Crippen MR) is 80.4 cm³/mol. The number of H-pyrrole nitrogens is 1. The lowest BCUT2D eigenvalue weighted by molar-refractivity contribution is 0.0630. The Kier molecular flexibility index (Phi) is 4.75. The van der Waals surface area contributed by atoms with Gasteiger partial charge in [-0.05, 0) is 12.1 Å². The van der Waals surface area contributed by atoms with E-state index < -0.39 is 6.10 Å². The molecule has 1 atom stereocenters. The lowest BCUT2D eigenvalue weighted by Gasteiger charge is -2.20. The molecule has 1 amide bonds. The molecule has 1 aliphatic rings. The van der Waals surface area contributed by atoms with Crippen LogP contribution in [0.1, 0.15) is 22.1 Å². The average Bonchev–Trinajstić information content (AvgIpc) is 3.18. The van der Waals surface area contributed by atoms with E-state index in [1.165, 1.54) is 0 Å². The number of aliphatic hydroxyl groups is 2. The Bertz CT molecular complexity index is 640. The van der Waals surface area contributed by atoms with E-state index >= 15 is 0 Å². The van der Waals surface area contributed by atoms with E-state index in [0.717, 1.165) is 5.82 Å². The Morgan fingerprint density at radius 3 is 2.96 bits per heavy atom. The maximum absolute atomic E-state index is 12.5. The number of β-amino-alcohol motifs (C(OH)–C–C–N with tert-alkyl or cyclic N) is 1. The van der Waals surface area contributed by atoms with Gasteiger partial charge in [-0.15, -0.1) is 0 Å². The lowest BCUT2D eigenvalue weighted by Crippen LogP contribution is -2.37. The number of furan rings is 1. The van der Waals surface area contributed by atoms with Crippen LogP contribution >= 0.6 is 0 Å². The monoisotopic (exact) mass is 320 g/mol. The van der Waals surface area contributed by atoms with Crippen LogP contribution in [-0.2, 0) is 13.2 Å². The van der Waals surface area contributed by atoms with Gasteiger partial charge >= 0.3 is 0 Å². The predicted octanol–water partition coefficient (Wildman–Crippen LogP) is -0.186. The van der Waals surface area contributed by atoms with Crippen LogP contribution in [-0.4, -0.2) is 68.2 Å². The molecule has 0 aliphatic carbocycles. The molecule has 1 unspecified atom stereocenters. The Morgan fingerprint density at radius 2 is 2.26 bits per heavy atom. The van der Waals surface area contributed by atoms with Crippen molar-refractivity contribution in [2.24, 2.45) is 0 Å². The number of hydrogen-bond acceptors (Lipinski definition) is 6. The van der Waals surface area contributed by atoms with E-state index in [-0.39, 0.29) is 24.8 Å². The Balaban J connectivity index is 1.64. The summed E-state index contributed by atoms with van der Waals surface area (Å²) in [6.45, 7) is 2.21. The normalized spacial score (nSPS) is 19.7. The number of carbonyl (C=O) groups excluding carboxylic acids is 1. The number of rotatable bonds is 4. The number of nitrogens with zero attached hydrogens (tertiary/aromatic N) is 3. The van der Waals surface area contributed by atoms with E-state index in [1.807, 2.05) is 0 Å². The van der Waals surface area contributed by atoms with Crippen LogP contribution in [0.4, 0.5) is 0 Å². The smallest absolute Gasteiger partial charge is 0.289 e. The standard InChI is InChI=1S/C15H20N4O4/c20-10-12-1-2-13(23-12)15(22)19-6-5-18(7-11(21)8-19)9-14-16-3-4-17-14/h1-4,11,20-21H,5-10H2,(H,16,17). The van der Waals surface area contributed by atoms with Crippen molar-refractivity contribution in [2.45, 2.75) is 19.3 Å². The molecule has 0 aromatic carbocycles. The first-order valence-electron chi connectivity index (χ1n) is 7.53. The van der Waals surface area contributed by atoms with Gasteiger partial charge in [0.05, 0.1) is 12.6 Å². The number of imidazole rings is 1. The van der Waals surface area contributed by atoms with E-state index in [2.05, 4.69) is 14.9 Å². The quantitative estimate of drug-likeness (QED) is 0.721. The fourth-order valence-corrected chi connectivity index (χ4v) is 2.71. The minimum atomic E-state index is -0.635. The molecule has 1 saturated heterocycles. The second-order valence-electron chi connectivity index (χ2n) is 5.60. The SMILES string of the molecule is O=C(c1ccc(CO)o1)N1CCN(Cc2ncc[nH]2)CC(O)C1. The van der Waals surface area contributed by atoms with Crippen LogP contribution in [0.2, 0.25) is 0 Å². The second kappa shape index (κ2) is 6.95. The molecular formula is C15H20N4O4. The van der Waals surface area contributed by atoms with Crippen LogP contribution in [0.15, 0.2) is 28.9 Å². The van der Waals surface area contributed by atoms with Crippen LogP contribution < -0.4 is 0 Å². The van der Waals surface area contributed by atoms with Gasteiger partial charge in [-0.1, -0.05) is 0 Å². The van der Waals surface area contributed by atoms with Gasteiger partial charge < -0.3 is 24.5 Å².